The van der Waals surface area contributed by atoms with Crippen molar-refractivity contribution >= 4 is 44.5 Å². The highest BCUT2D eigenvalue weighted by atomic mass is 32.2. The summed E-state index contributed by atoms with van der Waals surface area (Å²) in [6.07, 6.45) is 58.1. The zero-order valence-corrected chi connectivity index (χ0v) is 45.6. The number of thioether (sulfide) groups is 1. The van der Waals surface area contributed by atoms with Crippen molar-refractivity contribution in [3.8, 4) is 0 Å². The summed E-state index contributed by atoms with van der Waals surface area (Å²) < 4.78 is 2.58. The van der Waals surface area contributed by atoms with Crippen LogP contribution in [0.1, 0.15) is 289 Å². The summed E-state index contributed by atoms with van der Waals surface area (Å²) in [5, 5.41) is 16.4. The molecule has 1 aliphatic heterocycles. The predicted molar refractivity (Wildman–Crippen MR) is 295 cm³/mol. The summed E-state index contributed by atoms with van der Waals surface area (Å²) in [6.45, 7) is 13.4. The summed E-state index contributed by atoms with van der Waals surface area (Å²) in [6, 6.07) is 4.26. The highest BCUT2D eigenvalue weighted by Gasteiger charge is 2.34. The lowest BCUT2D eigenvalue weighted by Crippen LogP contribution is -2.29. The van der Waals surface area contributed by atoms with Crippen molar-refractivity contribution in [1.29, 1.82) is 0 Å². The first-order chi connectivity index (χ1) is 32.5. The van der Waals surface area contributed by atoms with Gasteiger partial charge in [-0.25, -0.2) is 4.58 Å². The molecule has 1 aromatic rings. The minimum absolute atomic E-state index is 0.0475. The molecule has 0 amide bonds. The van der Waals surface area contributed by atoms with Crippen LogP contribution < -0.4 is 10.0 Å². The normalized spacial score (nSPS) is 14.9. The van der Waals surface area contributed by atoms with Gasteiger partial charge in [0.05, 0.1) is 5.00 Å². The number of carbonyl (C=O) groups excluding carboxylic acids is 1. The lowest BCUT2D eigenvalue weighted by molar-refractivity contribution is -0.525. The van der Waals surface area contributed by atoms with Crippen molar-refractivity contribution in [2.24, 2.45) is 0 Å². The molecule has 0 bridgehead atoms. The maximum Gasteiger partial charge on any atom is 0.239 e. The van der Waals surface area contributed by atoms with Crippen molar-refractivity contribution in [1.82, 2.24) is 0 Å². The van der Waals surface area contributed by atoms with Crippen LogP contribution in [0.25, 0.3) is 5.57 Å². The molecule has 66 heavy (non-hydrogen) atoms. The van der Waals surface area contributed by atoms with Crippen LogP contribution in [0.15, 0.2) is 40.5 Å². The third-order valence-corrected chi connectivity index (χ3v) is 16.7. The molecular weight excluding hydrogens is 845 g/mol. The maximum atomic E-state index is 13.9. The largest absolute Gasteiger partial charge is 0.871 e. The molecule has 3 rings (SSSR count). The van der Waals surface area contributed by atoms with Gasteiger partial charge in [-0.15, -0.1) is 11.3 Å². The number of thiophene rings is 1. The van der Waals surface area contributed by atoms with Crippen LogP contribution in [0, 0.1) is 0 Å². The van der Waals surface area contributed by atoms with E-state index >= 15 is 0 Å². The Morgan fingerprint density at radius 2 is 0.788 bits per heavy atom. The Bertz CT molecular complexity index is 1450. The average Bonchev–Trinajstić information content (AvgIpc) is 4.00. The molecule has 2 aliphatic rings. The summed E-state index contributed by atoms with van der Waals surface area (Å²) in [5.74, 6) is -0.0950. The lowest BCUT2D eigenvalue weighted by Gasteiger charge is -2.30. The Labute approximate surface area is 417 Å². The van der Waals surface area contributed by atoms with Crippen LogP contribution in [0.4, 0.5) is 5.00 Å². The van der Waals surface area contributed by atoms with Crippen LogP contribution in [0.3, 0.4) is 0 Å². The molecule has 0 spiro atoms. The van der Waals surface area contributed by atoms with Gasteiger partial charge in [0.1, 0.15) is 13.1 Å². The standard InChI is InChI=1S/C60H104N2O2S2/c1-5-9-13-17-21-25-29-33-37-41-49-61(50-42-38-34-30-26-22-18-14-10-6-2)55-47-45-53(65-55)57-59(63)58(60(57)64)54-46-48-56(66-54)62(51-43-39-35-31-27-23-19-15-11-7-3)52-44-40-36-32-28-24-20-16-12-8-4/h45-48H,5-44,49-52H2,1-4H3. The number of Topliss-reactive ketones (excluding diaryl/α,β-unsaturated/α-hetero) is 1. The van der Waals surface area contributed by atoms with E-state index in [0.29, 0.717) is 11.1 Å². The molecule has 0 aromatic carbocycles. The number of anilines is 1. The molecule has 378 valence electrons. The lowest BCUT2D eigenvalue weighted by atomic mass is 9.86. The number of ketones is 1. The van der Waals surface area contributed by atoms with Gasteiger partial charge in [-0.2, -0.15) is 0 Å². The van der Waals surface area contributed by atoms with E-state index in [1.807, 2.05) is 0 Å². The van der Waals surface area contributed by atoms with Gasteiger partial charge < -0.3 is 10.0 Å². The van der Waals surface area contributed by atoms with Gasteiger partial charge in [-0.05, 0) is 55.7 Å². The number of rotatable bonds is 46. The van der Waals surface area contributed by atoms with E-state index in [1.54, 1.807) is 23.1 Å². The summed E-state index contributed by atoms with van der Waals surface area (Å²) >= 11 is 3.34. The first-order valence-electron chi connectivity index (χ1n) is 29.1. The molecule has 0 saturated carbocycles. The minimum Gasteiger partial charge on any atom is -0.871 e. The van der Waals surface area contributed by atoms with Gasteiger partial charge >= 0.3 is 0 Å². The third-order valence-electron chi connectivity index (χ3n) is 14.3. The average molecular weight is 950 g/mol. The molecular formula is C60H104N2O2S2. The Hall–Kier alpha value is -1.79. The monoisotopic (exact) mass is 949 g/mol. The van der Waals surface area contributed by atoms with E-state index in [2.05, 4.69) is 61.5 Å². The quantitative estimate of drug-likeness (QED) is 0.0371. The highest BCUT2D eigenvalue weighted by molar-refractivity contribution is 8.18. The summed E-state index contributed by atoms with van der Waals surface area (Å²) in [7, 11) is 0. The van der Waals surface area contributed by atoms with Crippen molar-refractivity contribution in [3.05, 3.63) is 45.4 Å². The Morgan fingerprint density at radius 3 is 1.15 bits per heavy atom. The molecule has 0 atom stereocenters. The molecule has 0 saturated heterocycles. The molecule has 1 aromatic heterocycles. The zero-order valence-electron chi connectivity index (χ0n) is 43.9. The molecule has 6 heteroatoms. The first-order valence-corrected chi connectivity index (χ1v) is 30.7. The Morgan fingerprint density at radius 1 is 0.439 bits per heavy atom. The number of unbranched alkanes of at least 4 members (excludes halogenated alkanes) is 36. The molecule has 4 nitrogen and oxygen atoms in total. The van der Waals surface area contributed by atoms with Crippen molar-refractivity contribution < 1.29 is 14.5 Å². The van der Waals surface area contributed by atoms with Crippen molar-refractivity contribution in [3.63, 3.8) is 0 Å². The fraction of sp³-hybridized carbons (Fsp3) is 0.800. The minimum atomic E-state index is -0.0475. The SMILES string of the molecule is CCCCCCCCCCCCN(CCCCCCCCCCCC)c1ccc(C2=C([O-])/C(=C3\C=CC(=[N+](CCCCCCCCCCCC)CCCCCCCCCCCC)S3)C2=O)s1. The molecule has 0 unspecified atom stereocenters. The second kappa shape index (κ2) is 40.0. The molecule has 2 heterocycles. The third kappa shape index (κ3) is 25.2. The summed E-state index contributed by atoms with van der Waals surface area (Å²) in [4.78, 5) is 18.2. The zero-order chi connectivity index (χ0) is 47.1. The Kier molecular flexibility index (Phi) is 35.5. The number of carbonyl (C=O) groups is 1. The Balaban J connectivity index is 1.60. The van der Waals surface area contributed by atoms with E-state index in [0.717, 1.165) is 36.0 Å². The highest BCUT2D eigenvalue weighted by Crippen LogP contribution is 2.44. The molecule has 1 aliphatic carbocycles. The summed E-state index contributed by atoms with van der Waals surface area (Å²) in [5.41, 5.74) is 0.836. The second-order valence-electron chi connectivity index (χ2n) is 20.4. The second-order valence-corrected chi connectivity index (χ2v) is 22.5. The number of allylic oxidation sites excluding steroid dienone is 3. The van der Waals surface area contributed by atoms with Crippen LogP contribution in [0.2, 0.25) is 0 Å². The van der Waals surface area contributed by atoms with E-state index in [4.69, 9.17) is 0 Å². The molecule has 0 radical (unpaired) electrons. The van der Waals surface area contributed by atoms with Gasteiger partial charge in [0.25, 0.3) is 0 Å². The number of hydrogen-bond donors (Lipinski definition) is 0. The fourth-order valence-corrected chi connectivity index (χ4v) is 12.1. The van der Waals surface area contributed by atoms with Gasteiger partial charge in [-0.1, -0.05) is 252 Å². The predicted octanol–water partition coefficient (Wildman–Crippen LogP) is 18.9. The maximum absolute atomic E-state index is 13.9. The van der Waals surface area contributed by atoms with Crippen LogP contribution >= 0.6 is 23.1 Å². The molecule has 0 fully saturated rings. The topological polar surface area (TPSA) is 46.4 Å². The van der Waals surface area contributed by atoms with E-state index < -0.39 is 0 Å². The van der Waals surface area contributed by atoms with Crippen LogP contribution in [0.5, 0.6) is 0 Å². The first kappa shape index (κ1) is 58.5. The number of nitrogens with zero attached hydrogens (tertiary/aromatic N) is 2. The van der Waals surface area contributed by atoms with Crippen molar-refractivity contribution in [2.75, 3.05) is 31.1 Å². The van der Waals surface area contributed by atoms with Gasteiger partial charge in [0.2, 0.25) is 5.04 Å². The smallest absolute Gasteiger partial charge is 0.239 e. The van der Waals surface area contributed by atoms with Crippen LogP contribution in [-0.2, 0) is 4.79 Å². The van der Waals surface area contributed by atoms with Crippen LogP contribution in [-0.4, -0.2) is 41.6 Å². The number of hydrogen-bond acceptors (Lipinski definition) is 5. The van der Waals surface area contributed by atoms with Crippen molar-refractivity contribution in [2.45, 2.75) is 285 Å². The van der Waals surface area contributed by atoms with E-state index in [1.165, 1.54) is 267 Å². The van der Waals surface area contributed by atoms with E-state index in [-0.39, 0.29) is 11.5 Å². The molecule has 0 N–H and O–H groups in total. The van der Waals surface area contributed by atoms with Gasteiger partial charge in [0.15, 0.2) is 5.78 Å². The van der Waals surface area contributed by atoms with Gasteiger partial charge in [0, 0.05) is 52.9 Å². The fourth-order valence-electron chi connectivity index (χ4n) is 9.93. The van der Waals surface area contributed by atoms with Gasteiger partial charge in [-0.3, -0.25) is 4.79 Å². The van der Waals surface area contributed by atoms with E-state index in [9.17, 15) is 9.90 Å².